The molecule has 1 aliphatic carbocycles. The van der Waals surface area contributed by atoms with Crippen LogP contribution in [-0.4, -0.2) is 31.3 Å². The summed E-state index contributed by atoms with van der Waals surface area (Å²) >= 11 is 0. The minimum absolute atomic E-state index is 0.319. The van der Waals surface area contributed by atoms with Crippen LogP contribution in [-0.2, 0) is 19.7 Å². The number of hydrogen-bond donors (Lipinski definition) is 0. The normalized spacial score (nSPS) is 16.6. The fourth-order valence-electron chi connectivity index (χ4n) is 2.34. The Bertz CT molecular complexity index is 805. The lowest BCUT2D eigenvalue weighted by Gasteiger charge is -2.07. The van der Waals surface area contributed by atoms with Gasteiger partial charge >= 0.3 is 4.38 Å². The summed E-state index contributed by atoms with van der Waals surface area (Å²) in [7, 11) is -8.88. The molecule has 1 saturated carbocycles. The molecule has 1 aliphatic rings. The lowest BCUT2D eigenvalue weighted by Crippen LogP contribution is -2.33. The molecule has 1 fully saturated rings. The Balaban J connectivity index is 2.54. The maximum absolute atomic E-state index is 13.1. The van der Waals surface area contributed by atoms with E-state index in [1.807, 2.05) is 0 Å². The molecule has 6 nitrogen and oxygen atoms in total. The summed E-state index contributed by atoms with van der Waals surface area (Å²) in [6.45, 7) is 0. The molecule has 114 valence electrons. The first-order valence-corrected chi connectivity index (χ1v) is 9.29. The Labute approximate surface area is 122 Å². The van der Waals surface area contributed by atoms with Crippen LogP contribution >= 0.6 is 0 Å². The first-order chi connectivity index (χ1) is 9.80. The number of rotatable bonds is 2. The molecule has 0 bridgehead atoms. The number of nitrogens with zero attached hydrogens (tertiary/aromatic N) is 2. The van der Waals surface area contributed by atoms with Crippen molar-refractivity contribution in [3.05, 3.63) is 35.6 Å². The van der Waals surface area contributed by atoms with Crippen LogP contribution in [0.3, 0.4) is 0 Å². The van der Waals surface area contributed by atoms with Crippen molar-refractivity contribution in [1.82, 2.24) is 0 Å². The highest BCUT2D eigenvalue weighted by molar-refractivity contribution is 8.31. The average Bonchev–Trinajstić information content (AvgIpc) is 2.93. The molecule has 21 heavy (non-hydrogen) atoms. The molecule has 2 rings (SSSR count). The van der Waals surface area contributed by atoms with Gasteiger partial charge in [-0.2, -0.15) is 0 Å². The molecule has 0 atom stereocenters. The largest absolute Gasteiger partial charge is 0.499 e. The Morgan fingerprint density at radius 3 is 2.33 bits per heavy atom. The van der Waals surface area contributed by atoms with Gasteiger partial charge < -0.3 is 5.53 Å². The summed E-state index contributed by atoms with van der Waals surface area (Å²) < 4.78 is 61.0. The van der Waals surface area contributed by atoms with Gasteiger partial charge in [-0.15, -0.1) is 4.79 Å². The maximum Gasteiger partial charge on any atom is 0.499 e. The molecule has 0 aromatic heterocycles. The second-order valence-corrected chi connectivity index (χ2v) is 9.04. The van der Waals surface area contributed by atoms with Gasteiger partial charge in [-0.25, -0.2) is 21.2 Å². The predicted octanol–water partition coefficient (Wildman–Crippen LogP) is 1.54. The summed E-state index contributed by atoms with van der Waals surface area (Å²) in [5, 5.41) is -0.883. The lowest BCUT2D eigenvalue weighted by molar-refractivity contribution is 0.00373. The summed E-state index contributed by atoms with van der Waals surface area (Å²) in [5.74, 6) is -0.827. The molecule has 0 heterocycles. The predicted molar refractivity (Wildman–Crippen MR) is 73.4 cm³/mol. The van der Waals surface area contributed by atoms with Crippen LogP contribution in [0.25, 0.3) is 5.53 Å². The summed E-state index contributed by atoms with van der Waals surface area (Å²) in [6, 6.07) is 3.90. The van der Waals surface area contributed by atoms with E-state index < -0.39 is 40.0 Å². The van der Waals surface area contributed by atoms with Gasteiger partial charge in [0, 0.05) is 0 Å². The van der Waals surface area contributed by atoms with Crippen molar-refractivity contribution in [2.24, 2.45) is 0 Å². The molecule has 0 N–H and O–H groups in total. The Kier molecular flexibility index (Phi) is 4.27. The molecule has 0 aliphatic heterocycles. The standard InChI is InChI=1S/C12H13FN2O4S2/c13-9-4-3-7-11(8-9)21(18,19)12(15-14)20(16,17)10-5-1-2-6-10/h3-4,7-8,10H,1-2,5-6H2. The minimum atomic E-state index is -4.60. The molecule has 0 unspecified atom stereocenters. The van der Waals surface area contributed by atoms with Gasteiger partial charge in [0.15, 0.2) is 0 Å². The first kappa shape index (κ1) is 15.8. The monoisotopic (exact) mass is 332 g/mol. The van der Waals surface area contributed by atoms with Crippen LogP contribution in [0.4, 0.5) is 4.39 Å². The lowest BCUT2D eigenvalue weighted by atomic mass is 10.4. The van der Waals surface area contributed by atoms with Gasteiger partial charge in [0.2, 0.25) is 0 Å². The van der Waals surface area contributed by atoms with Crippen LogP contribution in [0, 0.1) is 5.82 Å². The highest BCUT2D eigenvalue weighted by atomic mass is 32.3. The van der Waals surface area contributed by atoms with E-state index in [1.165, 1.54) is 0 Å². The molecule has 1 aromatic rings. The van der Waals surface area contributed by atoms with E-state index in [9.17, 15) is 21.2 Å². The zero-order chi connectivity index (χ0) is 15.7. The van der Waals surface area contributed by atoms with Crippen molar-refractivity contribution in [3.8, 4) is 0 Å². The summed E-state index contributed by atoms with van der Waals surface area (Å²) in [6.07, 6.45) is 1.98. The third kappa shape index (κ3) is 2.90. The maximum atomic E-state index is 13.1. The zero-order valence-electron chi connectivity index (χ0n) is 10.9. The van der Waals surface area contributed by atoms with E-state index >= 15 is 0 Å². The van der Waals surface area contributed by atoms with Crippen LogP contribution < -0.4 is 0 Å². The van der Waals surface area contributed by atoms with Gasteiger partial charge in [0.1, 0.15) is 5.82 Å². The van der Waals surface area contributed by atoms with Crippen LogP contribution in [0.1, 0.15) is 25.7 Å². The van der Waals surface area contributed by atoms with Gasteiger partial charge in [-0.1, -0.05) is 18.9 Å². The van der Waals surface area contributed by atoms with E-state index in [-0.39, 0.29) is 0 Å². The molecule has 0 amide bonds. The van der Waals surface area contributed by atoms with Crippen molar-refractivity contribution in [3.63, 3.8) is 0 Å². The van der Waals surface area contributed by atoms with Crippen LogP contribution in [0.5, 0.6) is 0 Å². The fraction of sp³-hybridized carbons (Fsp3) is 0.417. The van der Waals surface area contributed by atoms with Crippen LogP contribution in [0.15, 0.2) is 29.2 Å². The van der Waals surface area contributed by atoms with Crippen molar-refractivity contribution < 1.29 is 26.0 Å². The van der Waals surface area contributed by atoms with Gasteiger partial charge in [-0.3, -0.25) is 0 Å². The number of hydrogen-bond acceptors (Lipinski definition) is 4. The smallest absolute Gasteiger partial charge is 0.359 e. The summed E-state index contributed by atoms with van der Waals surface area (Å²) in [4.78, 5) is 1.94. The zero-order valence-corrected chi connectivity index (χ0v) is 12.6. The quantitative estimate of drug-likeness (QED) is 0.354. The van der Waals surface area contributed by atoms with E-state index in [2.05, 4.69) is 4.79 Å². The fourth-order valence-corrected chi connectivity index (χ4v) is 6.45. The number of sulfone groups is 2. The molecule has 0 saturated heterocycles. The average molecular weight is 332 g/mol. The third-order valence-electron chi connectivity index (χ3n) is 3.40. The molecular formula is C12H13FN2O4S2. The third-order valence-corrected chi connectivity index (χ3v) is 8.09. The molecular weight excluding hydrogens is 319 g/mol. The SMILES string of the molecule is [N-]=[N+]=C(S(=O)(=O)c1cccc(F)c1)S(=O)(=O)C1CCCC1. The minimum Gasteiger partial charge on any atom is -0.359 e. The van der Waals surface area contributed by atoms with E-state index in [1.54, 1.807) is 0 Å². The molecule has 9 heteroatoms. The van der Waals surface area contributed by atoms with Crippen molar-refractivity contribution in [2.75, 3.05) is 0 Å². The van der Waals surface area contributed by atoms with E-state index in [4.69, 9.17) is 5.53 Å². The second-order valence-electron chi connectivity index (χ2n) is 4.78. The van der Waals surface area contributed by atoms with Gasteiger partial charge in [-0.05, 0) is 31.0 Å². The van der Waals surface area contributed by atoms with Crippen LogP contribution in [0.2, 0.25) is 0 Å². The highest BCUT2D eigenvalue weighted by Crippen LogP contribution is 2.28. The number of benzene rings is 1. The first-order valence-electron chi connectivity index (χ1n) is 6.27. The highest BCUT2D eigenvalue weighted by Gasteiger charge is 2.47. The Morgan fingerprint density at radius 2 is 1.81 bits per heavy atom. The van der Waals surface area contributed by atoms with E-state index in [0.29, 0.717) is 31.7 Å². The molecule has 1 aromatic carbocycles. The molecule has 0 radical (unpaired) electrons. The molecule has 0 spiro atoms. The van der Waals surface area contributed by atoms with Gasteiger partial charge in [0.25, 0.3) is 19.7 Å². The number of halogens is 1. The Morgan fingerprint density at radius 1 is 1.19 bits per heavy atom. The van der Waals surface area contributed by atoms with Crippen molar-refractivity contribution in [1.29, 1.82) is 0 Å². The van der Waals surface area contributed by atoms with Crippen molar-refractivity contribution in [2.45, 2.75) is 35.8 Å². The Hall–Kier alpha value is -1.57. The van der Waals surface area contributed by atoms with Gasteiger partial charge in [0.05, 0.1) is 10.1 Å². The van der Waals surface area contributed by atoms with E-state index in [0.717, 1.165) is 18.2 Å². The van der Waals surface area contributed by atoms with Crippen molar-refractivity contribution >= 4 is 24.1 Å². The second kappa shape index (κ2) is 5.67. The topological polar surface area (TPSA) is 105 Å². The summed E-state index contributed by atoms with van der Waals surface area (Å²) in [5.41, 5.74) is 8.92.